The first-order valence-corrected chi connectivity index (χ1v) is 7.83. The Morgan fingerprint density at radius 3 is 2.46 bits per heavy atom. The van der Waals surface area contributed by atoms with E-state index >= 15 is 0 Å². The zero-order valence-electron chi connectivity index (χ0n) is 12.7. The van der Waals surface area contributed by atoms with Crippen LogP contribution in [0.3, 0.4) is 0 Å². The molecule has 0 aliphatic rings. The monoisotopic (exact) mass is 336 g/mol. The molecule has 1 N–H and O–H groups in total. The van der Waals surface area contributed by atoms with E-state index in [1.54, 1.807) is 12.1 Å². The summed E-state index contributed by atoms with van der Waals surface area (Å²) >= 11 is 1.34. The molecule has 0 saturated carbocycles. The molecule has 0 aliphatic heterocycles. The Labute approximate surface area is 142 Å². The van der Waals surface area contributed by atoms with Crippen molar-refractivity contribution in [2.75, 3.05) is 7.11 Å². The van der Waals surface area contributed by atoms with E-state index in [2.05, 4.69) is 9.72 Å². The van der Waals surface area contributed by atoms with Crippen LogP contribution in [-0.4, -0.2) is 23.2 Å². The average Bonchev–Trinajstić information content (AvgIpc) is 3.05. The summed E-state index contributed by atoms with van der Waals surface area (Å²) in [4.78, 5) is 15.8. The highest BCUT2D eigenvalue weighted by Gasteiger charge is 2.15. The predicted octanol–water partition coefficient (Wildman–Crippen LogP) is 4.03. The zero-order chi connectivity index (χ0) is 17.1. The van der Waals surface area contributed by atoms with Gasteiger partial charge in [0.25, 0.3) is 0 Å². The lowest BCUT2D eigenvalue weighted by molar-refractivity contribution is 0.0600. The van der Waals surface area contributed by atoms with Crippen LogP contribution in [0.15, 0.2) is 48.5 Å². The molecule has 2 aromatic carbocycles. The van der Waals surface area contributed by atoms with E-state index in [1.165, 1.54) is 30.6 Å². The lowest BCUT2D eigenvalue weighted by atomic mass is 10.1. The second-order valence-electron chi connectivity index (χ2n) is 4.89. The number of aromatic nitrogens is 1. The molecule has 0 fully saturated rings. The molecule has 0 saturated heterocycles. The summed E-state index contributed by atoms with van der Waals surface area (Å²) in [5.74, 6) is -0.635. The number of hydrogen-bond donors (Lipinski definition) is 1. The van der Waals surface area contributed by atoms with Gasteiger partial charge in [0.15, 0.2) is 0 Å². The van der Waals surface area contributed by atoms with Gasteiger partial charge in [-0.05, 0) is 24.3 Å². The molecule has 0 aliphatic carbocycles. The SMILES string of the molecule is COC(=O)c1ccc(C(O)=C(C#N)c2nc3ccccc3s2)cc1. The third-order valence-electron chi connectivity index (χ3n) is 3.44. The minimum Gasteiger partial charge on any atom is -0.506 e. The Kier molecular flexibility index (Phi) is 4.27. The number of rotatable bonds is 3. The predicted molar refractivity (Wildman–Crippen MR) is 92.5 cm³/mol. The smallest absolute Gasteiger partial charge is 0.337 e. The molecule has 0 spiro atoms. The molecule has 6 heteroatoms. The van der Waals surface area contributed by atoms with Crippen molar-refractivity contribution in [1.29, 1.82) is 5.26 Å². The fourth-order valence-electron chi connectivity index (χ4n) is 2.21. The second-order valence-corrected chi connectivity index (χ2v) is 5.92. The van der Waals surface area contributed by atoms with Crippen LogP contribution < -0.4 is 0 Å². The number of ether oxygens (including phenoxy) is 1. The number of hydrogen-bond acceptors (Lipinski definition) is 6. The van der Waals surface area contributed by atoms with Gasteiger partial charge in [-0.2, -0.15) is 5.26 Å². The fraction of sp³-hybridized carbons (Fsp3) is 0.0556. The third kappa shape index (κ3) is 2.85. The number of carbonyl (C=O) groups is 1. The molecule has 1 heterocycles. The van der Waals surface area contributed by atoms with E-state index < -0.39 is 5.97 Å². The number of aliphatic hydroxyl groups excluding tert-OH is 1. The summed E-state index contributed by atoms with van der Waals surface area (Å²) < 4.78 is 5.57. The molecule has 1 aromatic heterocycles. The van der Waals surface area contributed by atoms with Crippen molar-refractivity contribution in [3.63, 3.8) is 0 Å². The Bertz CT molecular complexity index is 948. The van der Waals surface area contributed by atoms with Gasteiger partial charge < -0.3 is 9.84 Å². The molecule has 3 aromatic rings. The minimum absolute atomic E-state index is 0.0991. The van der Waals surface area contributed by atoms with E-state index in [0.29, 0.717) is 16.1 Å². The quantitative estimate of drug-likeness (QED) is 0.443. The number of nitrogens with zero attached hydrogens (tertiary/aromatic N) is 2. The topological polar surface area (TPSA) is 83.2 Å². The van der Waals surface area contributed by atoms with E-state index in [-0.39, 0.29) is 11.3 Å². The van der Waals surface area contributed by atoms with Gasteiger partial charge in [-0.3, -0.25) is 0 Å². The zero-order valence-corrected chi connectivity index (χ0v) is 13.5. The largest absolute Gasteiger partial charge is 0.506 e. The average molecular weight is 336 g/mol. The first-order valence-electron chi connectivity index (χ1n) is 7.02. The molecule has 0 radical (unpaired) electrons. The molecule has 0 atom stereocenters. The second kappa shape index (κ2) is 6.52. The standard InChI is InChI=1S/C18H12N2O3S/c1-23-18(22)12-8-6-11(7-9-12)16(21)13(10-19)17-20-14-4-2-3-5-15(14)24-17/h2-9,21H,1H3. The molecular formula is C18H12N2O3S. The van der Waals surface area contributed by atoms with Crippen LogP contribution in [-0.2, 0) is 4.74 Å². The highest BCUT2D eigenvalue weighted by Crippen LogP contribution is 2.30. The van der Waals surface area contributed by atoms with Crippen molar-refractivity contribution in [3.8, 4) is 6.07 Å². The molecule has 118 valence electrons. The molecule has 0 unspecified atom stereocenters. The molecule has 3 rings (SSSR count). The van der Waals surface area contributed by atoms with E-state index in [0.717, 1.165) is 10.2 Å². The number of para-hydroxylation sites is 1. The van der Waals surface area contributed by atoms with Crippen molar-refractivity contribution < 1.29 is 14.6 Å². The van der Waals surface area contributed by atoms with Gasteiger partial charge in [-0.15, -0.1) is 11.3 Å². The van der Waals surface area contributed by atoms with Crippen LogP contribution in [0.4, 0.5) is 0 Å². The number of esters is 1. The van der Waals surface area contributed by atoms with E-state index in [1.807, 2.05) is 30.3 Å². The number of thiazole rings is 1. The van der Waals surface area contributed by atoms with Crippen LogP contribution in [0.2, 0.25) is 0 Å². The number of carbonyl (C=O) groups excluding carboxylic acids is 1. The van der Waals surface area contributed by atoms with Gasteiger partial charge in [-0.1, -0.05) is 24.3 Å². The van der Waals surface area contributed by atoms with Crippen LogP contribution in [0.25, 0.3) is 21.5 Å². The summed E-state index contributed by atoms with van der Waals surface area (Å²) in [6.45, 7) is 0. The number of nitriles is 1. The molecule has 5 nitrogen and oxygen atoms in total. The summed E-state index contributed by atoms with van der Waals surface area (Å²) in [6, 6.07) is 15.7. The third-order valence-corrected chi connectivity index (χ3v) is 4.49. The molecule has 24 heavy (non-hydrogen) atoms. The number of benzene rings is 2. The highest BCUT2D eigenvalue weighted by molar-refractivity contribution is 7.19. The van der Waals surface area contributed by atoms with Crippen LogP contribution in [0.5, 0.6) is 0 Å². The number of aliphatic hydroxyl groups is 1. The maximum Gasteiger partial charge on any atom is 0.337 e. The Hall–Kier alpha value is -3.17. The van der Waals surface area contributed by atoms with Crippen molar-refractivity contribution in [1.82, 2.24) is 4.98 Å². The summed E-state index contributed by atoms with van der Waals surface area (Å²) in [6.07, 6.45) is 0. The Morgan fingerprint density at radius 1 is 1.17 bits per heavy atom. The van der Waals surface area contributed by atoms with Crippen LogP contribution in [0.1, 0.15) is 20.9 Å². The van der Waals surface area contributed by atoms with Crippen molar-refractivity contribution >= 4 is 38.9 Å². The van der Waals surface area contributed by atoms with Crippen LogP contribution >= 0.6 is 11.3 Å². The Balaban J connectivity index is 2.04. The normalized spacial score (nSPS) is 11.7. The van der Waals surface area contributed by atoms with E-state index in [9.17, 15) is 15.2 Å². The van der Waals surface area contributed by atoms with Crippen molar-refractivity contribution in [2.45, 2.75) is 0 Å². The lowest BCUT2D eigenvalue weighted by Gasteiger charge is -2.04. The Morgan fingerprint density at radius 2 is 1.83 bits per heavy atom. The van der Waals surface area contributed by atoms with E-state index in [4.69, 9.17) is 0 Å². The highest BCUT2D eigenvalue weighted by atomic mass is 32.1. The van der Waals surface area contributed by atoms with Gasteiger partial charge in [0.2, 0.25) is 0 Å². The van der Waals surface area contributed by atoms with Crippen molar-refractivity contribution in [3.05, 3.63) is 64.7 Å². The van der Waals surface area contributed by atoms with Gasteiger partial charge in [-0.25, -0.2) is 9.78 Å². The summed E-state index contributed by atoms with van der Waals surface area (Å²) in [7, 11) is 1.30. The maximum absolute atomic E-state index is 11.4. The summed E-state index contributed by atoms with van der Waals surface area (Å²) in [5, 5.41) is 20.3. The maximum atomic E-state index is 11.4. The number of allylic oxidation sites excluding steroid dienone is 1. The first kappa shape index (κ1) is 15.7. The van der Waals surface area contributed by atoms with Gasteiger partial charge in [0.1, 0.15) is 22.4 Å². The van der Waals surface area contributed by atoms with Gasteiger partial charge in [0, 0.05) is 5.56 Å². The van der Waals surface area contributed by atoms with Gasteiger partial charge in [0.05, 0.1) is 22.9 Å². The minimum atomic E-state index is -0.461. The molecule has 0 bridgehead atoms. The fourth-order valence-corrected chi connectivity index (χ4v) is 3.17. The van der Waals surface area contributed by atoms with Crippen molar-refractivity contribution in [2.24, 2.45) is 0 Å². The van der Waals surface area contributed by atoms with Crippen LogP contribution in [0, 0.1) is 11.3 Å². The first-order chi connectivity index (χ1) is 11.6. The van der Waals surface area contributed by atoms with Gasteiger partial charge >= 0.3 is 5.97 Å². The number of fused-ring (bicyclic) bond motifs is 1. The molecule has 0 amide bonds. The number of methoxy groups -OCH3 is 1. The lowest BCUT2D eigenvalue weighted by Crippen LogP contribution is -2.01. The summed E-state index contributed by atoms with van der Waals surface area (Å²) in [5.41, 5.74) is 1.67. The molecular weight excluding hydrogens is 324 g/mol.